The standard InChI is InChI=1S/C39H30F3N5O5/c1-23-33(36(48)43-31-14-8-7-13-30(31)39(40,41)42)35(44-38(50)46(23)21-24-16-18-27(51-2)19-17-24)29-22-47(26-11-4-3-5-12-26)45-34(29)28-20-25-10-6-9-15-32(25)52-37(28)49/h3-20,22,35H,21H2,1-2H3,(H,43,48)(H,44,50). The number of amides is 3. The molecule has 1 unspecified atom stereocenters. The van der Waals surface area contributed by atoms with Crippen molar-refractivity contribution in [2.45, 2.75) is 25.7 Å². The molecule has 0 radical (unpaired) electrons. The van der Waals surface area contributed by atoms with Gasteiger partial charge >= 0.3 is 17.8 Å². The van der Waals surface area contributed by atoms with Gasteiger partial charge in [-0.1, -0.05) is 60.7 Å². The zero-order valence-corrected chi connectivity index (χ0v) is 27.8. The van der Waals surface area contributed by atoms with Gasteiger partial charge < -0.3 is 19.8 Å². The molecule has 1 aliphatic rings. The van der Waals surface area contributed by atoms with E-state index in [4.69, 9.17) is 14.3 Å². The zero-order chi connectivity index (χ0) is 36.6. The first-order valence-electron chi connectivity index (χ1n) is 16.1. The highest BCUT2D eigenvalue weighted by atomic mass is 19.4. The van der Waals surface area contributed by atoms with E-state index in [0.29, 0.717) is 28.0 Å². The highest BCUT2D eigenvalue weighted by Crippen LogP contribution is 2.39. The van der Waals surface area contributed by atoms with Crippen molar-refractivity contribution in [1.82, 2.24) is 20.0 Å². The van der Waals surface area contributed by atoms with Crippen molar-refractivity contribution < 1.29 is 31.9 Å². The second-order valence-corrected chi connectivity index (χ2v) is 12.0. The van der Waals surface area contributed by atoms with Crippen molar-refractivity contribution in [3.63, 3.8) is 0 Å². The molecule has 10 nitrogen and oxygen atoms in total. The molecule has 2 N–H and O–H groups in total. The number of benzene rings is 4. The van der Waals surface area contributed by atoms with Crippen LogP contribution in [0.2, 0.25) is 0 Å². The lowest BCUT2D eigenvalue weighted by Gasteiger charge is -2.35. The van der Waals surface area contributed by atoms with Gasteiger partial charge in [0.15, 0.2) is 0 Å². The molecule has 0 fully saturated rings. The van der Waals surface area contributed by atoms with Gasteiger partial charge in [-0.15, -0.1) is 0 Å². The number of fused-ring (bicyclic) bond motifs is 1. The Labute approximate surface area is 294 Å². The van der Waals surface area contributed by atoms with Crippen molar-refractivity contribution >= 4 is 28.6 Å². The molecule has 52 heavy (non-hydrogen) atoms. The third-order valence-corrected chi connectivity index (χ3v) is 8.79. The SMILES string of the molecule is COc1ccc(CN2C(=O)NC(c3cn(-c4ccccc4)nc3-c3cc4ccccc4oc3=O)C(C(=O)Nc3ccccc3C(F)(F)F)=C2C)cc1. The lowest BCUT2D eigenvalue weighted by molar-refractivity contribution is -0.137. The summed E-state index contributed by atoms with van der Waals surface area (Å²) in [7, 11) is 1.53. The molecule has 4 aromatic carbocycles. The van der Waals surface area contributed by atoms with E-state index in [-0.39, 0.29) is 34.6 Å². The van der Waals surface area contributed by atoms with E-state index in [1.807, 2.05) is 6.07 Å². The highest BCUT2D eigenvalue weighted by Gasteiger charge is 2.40. The first-order valence-corrected chi connectivity index (χ1v) is 16.1. The molecule has 1 aliphatic heterocycles. The van der Waals surface area contributed by atoms with Crippen LogP contribution < -0.4 is 21.0 Å². The van der Waals surface area contributed by atoms with Gasteiger partial charge in [-0.3, -0.25) is 9.69 Å². The van der Waals surface area contributed by atoms with E-state index in [1.54, 1.807) is 92.0 Å². The Kier molecular flexibility index (Phi) is 8.84. The van der Waals surface area contributed by atoms with Crippen molar-refractivity contribution in [2.75, 3.05) is 12.4 Å². The normalized spacial score (nSPS) is 14.8. The molecule has 13 heteroatoms. The zero-order valence-electron chi connectivity index (χ0n) is 27.8. The number of para-hydroxylation sites is 3. The topological polar surface area (TPSA) is 119 Å². The summed E-state index contributed by atoms with van der Waals surface area (Å²) in [6.07, 6.45) is -3.18. The minimum Gasteiger partial charge on any atom is -0.497 e. The number of anilines is 1. The summed E-state index contributed by atoms with van der Waals surface area (Å²) < 4.78 is 54.5. The smallest absolute Gasteiger partial charge is 0.418 e. The fraction of sp³-hybridized carbons (Fsp3) is 0.128. The number of ether oxygens (including phenoxy) is 1. The number of hydrogen-bond donors (Lipinski definition) is 2. The number of alkyl halides is 3. The Hall–Kier alpha value is -6.63. The third-order valence-electron chi connectivity index (χ3n) is 8.79. The van der Waals surface area contributed by atoms with E-state index in [2.05, 4.69) is 10.6 Å². The van der Waals surface area contributed by atoms with Gasteiger partial charge in [0, 0.05) is 22.8 Å². The predicted molar refractivity (Wildman–Crippen MR) is 188 cm³/mol. The molecule has 0 saturated heterocycles. The van der Waals surface area contributed by atoms with Crippen molar-refractivity contribution in [2.24, 2.45) is 0 Å². The summed E-state index contributed by atoms with van der Waals surface area (Å²) in [4.78, 5) is 43.2. The van der Waals surface area contributed by atoms with Gasteiger partial charge in [0.2, 0.25) is 0 Å². The van der Waals surface area contributed by atoms with E-state index in [0.717, 1.165) is 12.1 Å². The van der Waals surface area contributed by atoms with Crippen LogP contribution in [0.1, 0.15) is 29.7 Å². The monoisotopic (exact) mass is 705 g/mol. The van der Waals surface area contributed by atoms with E-state index in [1.165, 1.54) is 28.8 Å². The molecular weight excluding hydrogens is 675 g/mol. The van der Waals surface area contributed by atoms with E-state index >= 15 is 0 Å². The van der Waals surface area contributed by atoms with Crippen LogP contribution in [0.5, 0.6) is 5.75 Å². The number of urea groups is 1. The second kappa shape index (κ2) is 13.6. The minimum atomic E-state index is -4.76. The number of halogens is 3. The summed E-state index contributed by atoms with van der Waals surface area (Å²) in [6, 6.07) is 27.2. The lowest BCUT2D eigenvalue weighted by atomic mass is 9.92. The molecule has 2 aromatic heterocycles. The first kappa shape index (κ1) is 33.8. The summed E-state index contributed by atoms with van der Waals surface area (Å²) in [5.41, 5.74) is -0.0720. The highest BCUT2D eigenvalue weighted by molar-refractivity contribution is 6.07. The molecule has 0 aliphatic carbocycles. The van der Waals surface area contributed by atoms with E-state index < -0.39 is 41.0 Å². The van der Waals surface area contributed by atoms with Crippen LogP contribution in [-0.4, -0.2) is 33.7 Å². The lowest BCUT2D eigenvalue weighted by Crippen LogP contribution is -2.48. The van der Waals surface area contributed by atoms with Crippen LogP contribution in [-0.2, 0) is 17.5 Å². The molecule has 0 spiro atoms. The van der Waals surface area contributed by atoms with Crippen LogP contribution in [0, 0.1) is 0 Å². The maximum atomic E-state index is 14.4. The van der Waals surface area contributed by atoms with Gasteiger partial charge in [-0.2, -0.15) is 18.3 Å². The fourth-order valence-electron chi connectivity index (χ4n) is 6.19. The van der Waals surface area contributed by atoms with Crippen LogP contribution in [0.4, 0.5) is 23.7 Å². The molecule has 0 bridgehead atoms. The van der Waals surface area contributed by atoms with Gasteiger partial charge in [-0.05, 0) is 61.0 Å². The molecule has 6 aromatic rings. The molecule has 0 saturated carbocycles. The third kappa shape index (κ3) is 6.51. The fourth-order valence-corrected chi connectivity index (χ4v) is 6.19. The molecule has 7 rings (SSSR count). The second-order valence-electron chi connectivity index (χ2n) is 12.0. The maximum absolute atomic E-state index is 14.4. The number of nitrogens with zero attached hydrogens (tertiary/aromatic N) is 3. The van der Waals surface area contributed by atoms with Crippen molar-refractivity contribution in [3.05, 3.63) is 154 Å². The van der Waals surface area contributed by atoms with Crippen molar-refractivity contribution in [3.8, 4) is 22.7 Å². The number of carbonyl (C=O) groups is 2. The Balaban J connectivity index is 1.41. The van der Waals surface area contributed by atoms with Crippen molar-refractivity contribution in [1.29, 1.82) is 0 Å². The molecule has 1 atom stereocenters. The maximum Gasteiger partial charge on any atom is 0.418 e. The number of carbonyl (C=O) groups excluding carboxylic acids is 2. The van der Waals surface area contributed by atoms with Gasteiger partial charge in [-0.25, -0.2) is 14.3 Å². The summed E-state index contributed by atoms with van der Waals surface area (Å²) in [5, 5.41) is 10.7. The van der Waals surface area contributed by atoms with Gasteiger partial charge in [0.25, 0.3) is 5.91 Å². The van der Waals surface area contributed by atoms with Crippen LogP contribution in [0.3, 0.4) is 0 Å². The largest absolute Gasteiger partial charge is 0.497 e. The summed E-state index contributed by atoms with van der Waals surface area (Å²) in [6.45, 7) is 1.57. The van der Waals surface area contributed by atoms with Crippen LogP contribution >= 0.6 is 0 Å². The summed E-state index contributed by atoms with van der Waals surface area (Å²) >= 11 is 0. The summed E-state index contributed by atoms with van der Waals surface area (Å²) in [5.74, 6) is -0.299. The minimum absolute atomic E-state index is 0.0225. The number of allylic oxidation sites excluding steroid dienone is 1. The molecule has 3 heterocycles. The number of nitrogens with one attached hydrogen (secondary N) is 2. The predicted octanol–water partition coefficient (Wildman–Crippen LogP) is 7.85. The van der Waals surface area contributed by atoms with Gasteiger partial charge in [0.1, 0.15) is 17.0 Å². The Morgan fingerprint density at radius 1 is 0.942 bits per heavy atom. The molecule has 3 amide bonds. The number of aromatic nitrogens is 2. The van der Waals surface area contributed by atoms with E-state index in [9.17, 15) is 27.6 Å². The molecule has 262 valence electrons. The average Bonchev–Trinajstić information content (AvgIpc) is 3.58. The number of hydrogen-bond acceptors (Lipinski definition) is 6. The number of methoxy groups -OCH3 is 1. The van der Waals surface area contributed by atoms with Crippen LogP contribution in [0.25, 0.3) is 27.9 Å². The van der Waals surface area contributed by atoms with Gasteiger partial charge in [0.05, 0.1) is 47.8 Å². The quantitative estimate of drug-likeness (QED) is 0.156. The first-order chi connectivity index (χ1) is 25.0. The number of rotatable bonds is 8. The molecular formula is C39H30F3N5O5. The Morgan fingerprint density at radius 3 is 2.37 bits per heavy atom. The Bertz CT molecular complexity index is 2400. The Morgan fingerprint density at radius 2 is 1.63 bits per heavy atom. The average molecular weight is 706 g/mol. The van der Waals surface area contributed by atoms with Crippen LogP contribution in [0.15, 0.2) is 136 Å².